The summed E-state index contributed by atoms with van der Waals surface area (Å²) in [7, 11) is 0. The van der Waals surface area contributed by atoms with Crippen molar-refractivity contribution in [1.29, 1.82) is 0 Å². The van der Waals surface area contributed by atoms with E-state index in [9.17, 15) is 14.5 Å². The summed E-state index contributed by atoms with van der Waals surface area (Å²) < 4.78 is 13.7. The molecule has 2 aromatic carbocycles. The fraction of sp³-hybridized carbons (Fsp3) is 0.0769. The maximum atomic E-state index is 13.7. The summed E-state index contributed by atoms with van der Waals surface area (Å²) in [4.78, 5) is 10.1. The molecular formula is C13H9Cl2FN2O2. The lowest BCUT2D eigenvalue weighted by Gasteiger charge is -2.09. The molecule has 20 heavy (non-hydrogen) atoms. The zero-order valence-corrected chi connectivity index (χ0v) is 11.6. The molecule has 0 heterocycles. The standard InChI is InChI=1S/C13H9Cl2FN2O2/c14-10-3-1-2-8(13(10)16)7-17-12-5-4-9(18(19)20)6-11(12)15/h1-6,17H,7H2. The van der Waals surface area contributed by atoms with E-state index in [1.54, 1.807) is 12.1 Å². The fourth-order valence-electron chi connectivity index (χ4n) is 1.64. The molecule has 0 saturated heterocycles. The number of nitrogens with one attached hydrogen (secondary N) is 1. The van der Waals surface area contributed by atoms with E-state index in [1.807, 2.05) is 0 Å². The molecule has 0 atom stereocenters. The Bertz CT molecular complexity index is 665. The van der Waals surface area contributed by atoms with Gasteiger partial charge >= 0.3 is 0 Å². The first-order chi connectivity index (χ1) is 9.49. The van der Waals surface area contributed by atoms with E-state index < -0.39 is 10.7 Å². The van der Waals surface area contributed by atoms with Gasteiger partial charge in [-0.25, -0.2) is 4.39 Å². The van der Waals surface area contributed by atoms with Crippen molar-refractivity contribution in [3.8, 4) is 0 Å². The first-order valence-corrected chi connectivity index (χ1v) is 6.35. The van der Waals surface area contributed by atoms with Crippen LogP contribution in [0.4, 0.5) is 15.8 Å². The third-order valence-corrected chi connectivity index (χ3v) is 3.27. The molecule has 1 N–H and O–H groups in total. The van der Waals surface area contributed by atoms with Crippen molar-refractivity contribution in [1.82, 2.24) is 0 Å². The number of anilines is 1. The van der Waals surface area contributed by atoms with Crippen molar-refractivity contribution in [2.45, 2.75) is 6.54 Å². The average molecular weight is 315 g/mol. The van der Waals surface area contributed by atoms with Crippen LogP contribution in [0.25, 0.3) is 0 Å². The number of halogens is 3. The zero-order valence-electron chi connectivity index (χ0n) is 10.1. The molecule has 0 bridgehead atoms. The largest absolute Gasteiger partial charge is 0.380 e. The smallest absolute Gasteiger partial charge is 0.271 e. The van der Waals surface area contributed by atoms with Crippen molar-refractivity contribution in [2.24, 2.45) is 0 Å². The topological polar surface area (TPSA) is 55.2 Å². The minimum atomic E-state index is -0.535. The van der Waals surface area contributed by atoms with Gasteiger partial charge < -0.3 is 5.32 Å². The summed E-state index contributed by atoms with van der Waals surface area (Å²) >= 11 is 11.6. The van der Waals surface area contributed by atoms with Crippen LogP contribution in [-0.4, -0.2) is 4.92 Å². The summed E-state index contributed by atoms with van der Waals surface area (Å²) in [5.74, 6) is -0.500. The first-order valence-electron chi connectivity index (χ1n) is 5.59. The van der Waals surface area contributed by atoms with Gasteiger partial charge in [0.05, 0.1) is 20.7 Å². The Labute approximate surface area is 124 Å². The van der Waals surface area contributed by atoms with Crippen LogP contribution in [-0.2, 0) is 6.54 Å². The molecule has 0 saturated carbocycles. The van der Waals surface area contributed by atoms with E-state index in [2.05, 4.69) is 5.32 Å². The second kappa shape index (κ2) is 6.07. The van der Waals surface area contributed by atoms with Crippen LogP contribution in [0, 0.1) is 15.9 Å². The van der Waals surface area contributed by atoms with Crippen molar-refractivity contribution < 1.29 is 9.31 Å². The van der Waals surface area contributed by atoms with Gasteiger partial charge in [-0.3, -0.25) is 10.1 Å². The molecule has 0 spiro atoms. The highest BCUT2D eigenvalue weighted by Gasteiger charge is 2.10. The predicted molar refractivity (Wildman–Crippen MR) is 76.8 cm³/mol. The Kier molecular flexibility index (Phi) is 4.42. The maximum absolute atomic E-state index is 13.7. The molecule has 0 aliphatic carbocycles. The molecule has 0 radical (unpaired) electrons. The third kappa shape index (κ3) is 3.18. The molecule has 0 unspecified atom stereocenters. The molecule has 0 amide bonds. The Hall–Kier alpha value is -1.85. The number of rotatable bonds is 4. The Balaban J connectivity index is 2.15. The number of nitrogens with zero attached hydrogens (tertiary/aromatic N) is 1. The summed E-state index contributed by atoms with van der Waals surface area (Å²) in [5.41, 5.74) is 0.762. The van der Waals surface area contributed by atoms with Gasteiger partial charge in [-0.05, 0) is 12.1 Å². The van der Waals surface area contributed by atoms with Gasteiger partial charge in [0.1, 0.15) is 5.82 Å². The molecule has 4 nitrogen and oxygen atoms in total. The van der Waals surface area contributed by atoms with Gasteiger partial charge in [0.15, 0.2) is 0 Å². The minimum Gasteiger partial charge on any atom is -0.380 e. The van der Waals surface area contributed by atoms with Gasteiger partial charge in [-0.1, -0.05) is 35.3 Å². The first kappa shape index (κ1) is 14.6. The van der Waals surface area contributed by atoms with Crippen LogP contribution < -0.4 is 5.32 Å². The molecular weight excluding hydrogens is 306 g/mol. The number of hydrogen-bond donors (Lipinski definition) is 1. The molecule has 104 valence electrons. The van der Waals surface area contributed by atoms with Gasteiger partial charge in [0.25, 0.3) is 5.69 Å². The molecule has 0 aliphatic rings. The summed E-state index contributed by atoms with van der Waals surface area (Å²) in [6.07, 6.45) is 0. The average Bonchev–Trinajstić information content (AvgIpc) is 2.41. The second-order valence-corrected chi connectivity index (χ2v) is 4.80. The van der Waals surface area contributed by atoms with Gasteiger partial charge in [0, 0.05) is 24.2 Å². The van der Waals surface area contributed by atoms with Crippen LogP contribution in [0.2, 0.25) is 10.0 Å². The third-order valence-electron chi connectivity index (χ3n) is 2.66. The number of benzene rings is 2. The monoisotopic (exact) mass is 314 g/mol. The number of nitro groups is 1. The van der Waals surface area contributed by atoms with E-state index in [1.165, 1.54) is 24.3 Å². The fourth-order valence-corrected chi connectivity index (χ4v) is 2.07. The molecule has 7 heteroatoms. The van der Waals surface area contributed by atoms with Crippen molar-refractivity contribution in [3.63, 3.8) is 0 Å². The van der Waals surface area contributed by atoms with Crippen LogP contribution in [0.15, 0.2) is 36.4 Å². The summed E-state index contributed by atoms with van der Waals surface area (Å²) in [6.45, 7) is 0.171. The molecule has 0 aliphatic heterocycles. The molecule has 0 fully saturated rings. The normalized spacial score (nSPS) is 10.3. The number of nitro benzene ring substituents is 1. The lowest BCUT2D eigenvalue weighted by Crippen LogP contribution is -2.02. The number of hydrogen-bond acceptors (Lipinski definition) is 3. The van der Waals surface area contributed by atoms with E-state index in [0.717, 1.165) is 0 Å². The predicted octanol–water partition coefficient (Wildman–Crippen LogP) is 4.65. The van der Waals surface area contributed by atoms with Crippen molar-refractivity contribution >= 4 is 34.6 Å². The highest BCUT2D eigenvalue weighted by Crippen LogP contribution is 2.27. The zero-order chi connectivity index (χ0) is 14.7. The lowest BCUT2D eigenvalue weighted by atomic mass is 10.2. The van der Waals surface area contributed by atoms with Crippen LogP contribution >= 0.6 is 23.2 Å². The molecule has 2 rings (SSSR count). The quantitative estimate of drug-likeness (QED) is 0.660. The summed E-state index contributed by atoms with van der Waals surface area (Å²) in [6, 6.07) is 8.72. The van der Waals surface area contributed by atoms with Crippen molar-refractivity contribution in [2.75, 3.05) is 5.32 Å². The Morgan fingerprint density at radius 1 is 1.20 bits per heavy atom. The Morgan fingerprint density at radius 2 is 1.95 bits per heavy atom. The van der Waals surface area contributed by atoms with Gasteiger partial charge in [-0.2, -0.15) is 0 Å². The van der Waals surface area contributed by atoms with Gasteiger partial charge in [0.2, 0.25) is 0 Å². The van der Waals surface area contributed by atoms with E-state index in [0.29, 0.717) is 11.3 Å². The van der Waals surface area contributed by atoms with E-state index in [-0.39, 0.29) is 22.3 Å². The van der Waals surface area contributed by atoms with Crippen LogP contribution in [0.3, 0.4) is 0 Å². The van der Waals surface area contributed by atoms with E-state index in [4.69, 9.17) is 23.2 Å². The summed E-state index contributed by atoms with van der Waals surface area (Å²) in [5, 5.41) is 13.7. The highest BCUT2D eigenvalue weighted by atomic mass is 35.5. The molecule has 2 aromatic rings. The van der Waals surface area contributed by atoms with Gasteiger partial charge in [-0.15, -0.1) is 0 Å². The second-order valence-electron chi connectivity index (χ2n) is 3.99. The van der Waals surface area contributed by atoms with Crippen molar-refractivity contribution in [3.05, 3.63) is 67.9 Å². The minimum absolute atomic E-state index is 0.0408. The highest BCUT2D eigenvalue weighted by molar-refractivity contribution is 6.33. The number of non-ortho nitro benzene ring substituents is 1. The molecule has 0 aromatic heterocycles. The van der Waals surface area contributed by atoms with Crippen LogP contribution in [0.1, 0.15) is 5.56 Å². The maximum Gasteiger partial charge on any atom is 0.271 e. The Morgan fingerprint density at radius 3 is 2.60 bits per heavy atom. The van der Waals surface area contributed by atoms with E-state index >= 15 is 0 Å². The SMILES string of the molecule is O=[N+]([O-])c1ccc(NCc2cccc(Cl)c2F)c(Cl)c1. The lowest BCUT2D eigenvalue weighted by molar-refractivity contribution is -0.384. The van der Waals surface area contributed by atoms with Crippen LogP contribution in [0.5, 0.6) is 0 Å².